The molecule has 2 aromatic rings. The highest BCUT2D eigenvalue weighted by molar-refractivity contribution is 5.87. The molecule has 0 aromatic carbocycles. The quantitative estimate of drug-likeness (QED) is 0.806. The number of aliphatic hydroxyl groups is 1. The van der Waals surface area contributed by atoms with E-state index in [1.807, 2.05) is 12.1 Å². The largest absolute Gasteiger partial charge is 0.464 e. The van der Waals surface area contributed by atoms with E-state index < -0.39 is 5.60 Å². The minimum absolute atomic E-state index is 0.449. The Balaban J connectivity index is 2.24. The van der Waals surface area contributed by atoms with Gasteiger partial charge >= 0.3 is 0 Å². The summed E-state index contributed by atoms with van der Waals surface area (Å²) in [6.07, 6.45) is 3.31. The van der Waals surface area contributed by atoms with Gasteiger partial charge in [0, 0.05) is 12.7 Å². The number of hydrogen-bond acceptors (Lipinski definition) is 4. The summed E-state index contributed by atoms with van der Waals surface area (Å²) in [6, 6.07) is 3.67. The van der Waals surface area contributed by atoms with Crippen LogP contribution in [0.4, 0.5) is 5.82 Å². The molecule has 0 saturated heterocycles. The van der Waals surface area contributed by atoms with Crippen molar-refractivity contribution < 1.29 is 9.52 Å². The third kappa shape index (κ3) is 2.27. The number of fused-ring (bicyclic) bond motifs is 1. The third-order valence-corrected chi connectivity index (χ3v) is 2.07. The van der Waals surface area contributed by atoms with Crippen molar-refractivity contribution in [2.75, 3.05) is 11.9 Å². The van der Waals surface area contributed by atoms with E-state index in [1.54, 1.807) is 26.3 Å². The van der Waals surface area contributed by atoms with Gasteiger partial charge < -0.3 is 14.8 Å². The molecular weight excluding hydrogens is 192 g/mol. The van der Waals surface area contributed by atoms with Crippen LogP contribution in [0.3, 0.4) is 0 Å². The minimum Gasteiger partial charge on any atom is -0.464 e. The second-order valence-electron chi connectivity index (χ2n) is 4.16. The second-order valence-corrected chi connectivity index (χ2v) is 4.16. The molecule has 2 heterocycles. The van der Waals surface area contributed by atoms with Crippen molar-refractivity contribution in [2.45, 2.75) is 19.4 Å². The van der Waals surface area contributed by atoms with E-state index in [4.69, 9.17) is 4.42 Å². The molecule has 0 aliphatic heterocycles. The standard InChI is InChI=1S/C11H14N2O2/c1-11(2,14)7-13-10-8-4-6-15-9(8)3-5-12-10/h3-6,14H,7H2,1-2H3,(H,12,13). The maximum Gasteiger partial charge on any atom is 0.139 e. The maximum absolute atomic E-state index is 9.59. The average Bonchev–Trinajstić information content (AvgIpc) is 2.61. The van der Waals surface area contributed by atoms with Crippen LogP contribution in [0.25, 0.3) is 11.0 Å². The molecule has 0 radical (unpaired) electrons. The fraction of sp³-hybridized carbons (Fsp3) is 0.364. The van der Waals surface area contributed by atoms with Gasteiger partial charge in [0.25, 0.3) is 0 Å². The first-order valence-electron chi connectivity index (χ1n) is 4.85. The number of anilines is 1. The molecule has 15 heavy (non-hydrogen) atoms. The minimum atomic E-state index is -0.756. The molecule has 2 rings (SSSR count). The van der Waals surface area contributed by atoms with Gasteiger partial charge in [-0.2, -0.15) is 0 Å². The molecule has 0 amide bonds. The molecule has 0 fully saturated rings. The van der Waals surface area contributed by atoms with Crippen LogP contribution < -0.4 is 5.32 Å². The van der Waals surface area contributed by atoms with Crippen LogP contribution in [0.15, 0.2) is 29.0 Å². The van der Waals surface area contributed by atoms with Gasteiger partial charge in [0.15, 0.2) is 0 Å². The van der Waals surface area contributed by atoms with Crippen molar-refractivity contribution in [3.05, 3.63) is 24.6 Å². The number of hydrogen-bond donors (Lipinski definition) is 2. The lowest BCUT2D eigenvalue weighted by Crippen LogP contribution is -2.29. The first kappa shape index (κ1) is 9.98. The highest BCUT2D eigenvalue weighted by Crippen LogP contribution is 2.21. The van der Waals surface area contributed by atoms with E-state index in [-0.39, 0.29) is 0 Å². The molecule has 80 valence electrons. The summed E-state index contributed by atoms with van der Waals surface area (Å²) < 4.78 is 5.25. The number of rotatable bonds is 3. The zero-order valence-corrected chi connectivity index (χ0v) is 8.82. The zero-order valence-electron chi connectivity index (χ0n) is 8.82. The molecule has 0 spiro atoms. The molecule has 0 saturated carbocycles. The summed E-state index contributed by atoms with van der Waals surface area (Å²) >= 11 is 0. The van der Waals surface area contributed by atoms with E-state index in [0.29, 0.717) is 6.54 Å². The van der Waals surface area contributed by atoms with E-state index in [1.165, 1.54) is 0 Å². The second kappa shape index (κ2) is 3.55. The van der Waals surface area contributed by atoms with Crippen molar-refractivity contribution >= 4 is 16.8 Å². The number of nitrogens with zero attached hydrogens (tertiary/aromatic N) is 1. The Morgan fingerprint density at radius 3 is 3.00 bits per heavy atom. The van der Waals surface area contributed by atoms with Gasteiger partial charge in [-0.05, 0) is 26.0 Å². The van der Waals surface area contributed by atoms with Crippen molar-refractivity contribution in [1.29, 1.82) is 0 Å². The zero-order chi connectivity index (χ0) is 10.9. The van der Waals surface area contributed by atoms with Crippen molar-refractivity contribution in [3.63, 3.8) is 0 Å². The van der Waals surface area contributed by atoms with Crippen LogP contribution in [0.1, 0.15) is 13.8 Å². The SMILES string of the molecule is CC(C)(O)CNc1nccc2occc12. The van der Waals surface area contributed by atoms with Gasteiger partial charge in [-0.25, -0.2) is 4.98 Å². The van der Waals surface area contributed by atoms with Crippen LogP contribution in [0, 0.1) is 0 Å². The Bertz CT molecular complexity index is 457. The smallest absolute Gasteiger partial charge is 0.139 e. The number of furan rings is 1. The topological polar surface area (TPSA) is 58.3 Å². The lowest BCUT2D eigenvalue weighted by atomic mass is 10.1. The molecule has 4 heteroatoms. The van der Waals surface area contributed by atoms with Crippen molar-refractivity contribution in [2.24, 2.45) is 0 Å². The van der Waals surface area contributed by atoms with E-state index >= 15 is 0 Å². The van der Waals surface area contributed by atoms with Crippen LogP contribution in [-0.4, -0.2) is 22.2 Å². The predicted octanol–water partition coefficient (Wildman–Crippen LogP) is 2.01. The Morgan fingerprint density at radius 1 is 1.47 bits per heavy atom. The third-order valence-electron chi connectivity index (χ3n) is 2.07. The fourth-order valence-corrected chi connectivity index (χ4v) is 1.34. The van der Waals surface area contributed by atoms with Gasteiger partial charge in [0.2, 0.25) is 0 Å². The Labute approximate surface area is 87.9 Å². The molecule has 2 N–H and O–H groups in total. The summed E-state index contributed by atoms with van der Waals surface area (Å²) in [7, 11) is 0. The number of pyridine rings is 1. The molecule has 0 atom stereocenters. The van der Waals surface area contributed by atoms with E-state index in [0.717, 1.165) is 16.8 Å². The lowest BCUT2D eigenvalue weighted by Gasteiger charge is -2.18. The summed E-state index contributed by atoms with van der Waals surface area (Å²) in [4.78, 5) is 4.20. The molecule has 4 nitrogen and oxygen atoms in total. The Hall–Kier alpha value is -1.55. The number of aromatic nitrogens is 1. The molecular formula is C11H14N2O2. The van der Waals surface area contributed by atoms with Gasteiger partial charge in [-0.3, -0.25) is 0 Å². The van der Waals surface area contributed by atoms with Gasteiger partial charge in [0.1, 0.15) is 11.4 Å². The number of nitrogens with one attached hydrogen (secondary N) is 1. The van der Waals surface area contributed by atoms with Crippen LogP contribution in [0.5, 0.6) is 0 Å². The molecule has 0 bridgehead atoms. The first-order valence-corrected chi connectivity index (χ1v) is 4.85. The van der Waals surface area contributed by atoms with Gasteiger partial charge in [0.05, 0.1) is 17.3 Å². The van der Waals surface area contributed by atoms with E-state index in [9.17, 15) is 5.11 Å². The van der Waals surface area contributed by atoms with E-state index in [2.05, 4.69) is 10.3 Å². The maximum atomic E-state index is 9.59. The summed E-state index contributed by atoms with van der Waals surface area (Å²) in [5.41, 5.74) is 0.0383. The van der Waals surface area contributed by atoms with Gasteiger partial charge in [-0.1, -0.05) is 0 Å². The van der Waals surface area contributed by atoms with Crippen LogP contribution in [-0.2, 0) is 0 Å². The summed E-state index contributed by atoms with van der Waals surface area (Å²) in [5.74, 6) is 0.739. The Kier molecular flexibility index (Phi) is 2.36. The molecule has 0 aliphatic carbocycles. The first-order chi connectivity index (χ1) is 7.06. The average molecular weight is 206 g/mol. The normalized spacial score (nSPS) is 11.9. The molecule has 0 aliphatic rings. The van der Waals surface area contributed by atoms with Crippen molar-refractivity contribution in [3.8, 4) is 0 Å². The predicted molar refractivity (Wildman–Crippen MR) is 58.8 cm³/mol. The monoisotopic (exact) mass is 206 g/mol. The summed E-state index contributed by atoms with van der Waals surface area (Å²) in [5, 5.41) is 13.6. The summed E-state index contributed by atoms with van der Waals surface area (Å²) in [6.45, 7) is 3.94. The lowest BCUT2D eigenvalue weighted by molar-refractivity contribution is 0.0944. The fourth-order valence-electron chi connectivity index (χ4n) is 1.34. The van der Waals surface area contributed by atoms with Crippen LogP contribution in [0.2, 0.25) is 0 Å². The Morgan fingerprint density at radius 2 is 2.27 bits per heavy atom. The molecule has 2 aromatic heterocycles. The van der Waals surface area contributed by atoms with Crippen LogP contribution >= 0.6 is 0 Å². The van der Waals surface area contributed by atoms with Crippen molar-refractivity contribution in [1.82, 2.24) is 4.98 Å². The van der Waals surface area contributed by atoms with Gasteiger partial charge in [-0.15, -0.1) is 0 Å². The highest BCUT2D eigenvalue weighted by atomic mass is 16.3. The molecule has 0 unspecified atom stereocenters. The highest BCUT2D eigenvalue weighted by Gasteiger charge is 2.13.